The van der Waals surface area contributed by atoms with Crippen molar-refractivity contribution in [3.63, 3.8) is 0 Å². The van der Waals surface area contributed by atoms with Crippen LogP contribution in [0.25, 0.3) is 22.1 Å². The number of amides is 1. The molecule has 0 saturated carbocycles. The van der Waals surface area contributed by atoms with Crippen molar-refractivity contribution in [1.29, 1.82) is 0 Å². The quantitative estimate of drug-likeness (QED) is 0.671. The Morgan fingerprint density at radius 2 is 1.97 bits per heavy atom. The van der Waals surface area contributed by atoms with Crippen LogP contribution in [-0.4, -0.2) is 38.5 Å². The molecule has 8 heteroatoms. The van der Waals surface area contributed by atoms with E-state index in [9.17, 15) is 18.0 Å². The summed E-state index contributed by atoms with van der Waals surface area (Å²) in [7, 11) is -3.06. The second-order valence-electron chi connectivity index (χ2n) is 7.34. The molecule has 1 aliphatic rings. The number of hydrogen-bond acceptors (Lipinski definition) is 6. The molecule has 30 heavy (non-hydrogen) atoms. The molecular weight excluding hydrogens is 406 g/mol. The molecule has 0 radical (unpaired) electrons. The van der Waals surface area contributed by atoms with Crippen molar-refractivity contribution < 1.29 is 22.4 Å². The second kappa shape index (κ2) is 7.95. The zero-order valence-corrected chi connectivity index (χ0v) is 17.2. The lowest BCUT2D eigenvalue weighted by Crippen LogP contribution is -2.38. The highest BCUT2D eigenvalue weighted by Gasteiger charge is 2.28. The highest BCUT2D eigenvalue weighted by molar-refractivity contribution is 7.91. The van der Waals surface area contributed by atoms with Crippen LogP contribution in [0.15, 0.2) is 57.7 Å². The summed E-state index contributed by atoms with van der Waals surface area (Å²) >= 11 is 0. The summed E-state index contributed by atoms with van der Waals surface area (Å²) in [5, 5.41) is 3.09. The van der Waals surface area contributed by atoms with E-state index in [1.54, 1.807) is 25.1 Å². The molecule has 1 aromatic heterocycles. The molecule has 3 aromatic rings. The monoisotopic (exact) mass is 427 g/mol. The first-order valence-corrected chi connectivity index (χ1v) is 11.4. The zero-order chi connectivity index (χ0) is 21.3. The molecule has 1 saturated heterocycles. The number of aryl methyl sites for hydroxylation is 1. The molecular formula is C22H21NO6S. The van der Waals surface area contributed by atoms with Crippen molar-refractivity contribution in [3.05, 3.63) is 64.5 Å². The molecule has 0 bridgehead atoms. The van der Waals surface area contributed by atoms with E-state index in [4.69, 9.17) is 9.15 Å². The van der Waals surface area contributed by atoms with Gasteiger partial charge in [-0.15, -0.1) is 0 Å². The number of carbonyl (C=O) groups excluding carboxylic acids is 1. The van der Waals surface area contributed by atoms with Gasteiger partial charge in [0.05, 0.1) is 22.5 Å². The Bertz CT molecular complexity index is 1260. The maximum absolute atomic E-state index is 13.0. The number of fused-ring (bicyclic) bond motifs is 1. The molecule has 156 valence electrons. The third-order valence-corrected chi connectivity index (χ3v) is 6.84. The summed E-state index contributed by atoms with van der Waals surface area (Å²) in [5.74, 6) is 0.535. The van der Waals surface area contributed by atoms with Crippen molar-refractivity contribution in [2.45, 2.75) is 19.4 Å². The number of nitrogens with one attached hydrogen (secondary N) is 1. The van der Waals surface area contributed by atoms with Crippen LogP contribution >= 0.6 is 0 Å². The van der Waals surface area contributed by atoms with Gasteiger partial charge >= 0.3 is 0 Å². The molecule has 1 aliphatic heterocycles. The van der Waals surface area contributed by atoms with E-state index in [0.717, 1.165) is 5.56 Å². The van der Waals surface area contributed by atoms with Gasteiger partial charge in [-0.2, -0.15) is 0 Å². The Balaban J connectivity index is 1.50. The molecule has 1 fully saturated rings. The van der Waals surface area contributed by atoms with E-state index in [-0.39, 0.29) is 29.6 Å². The average Bonchev–Trinajstić information content (AvgIpc) is 3.05. The fourth-order valence-electron chi connectivity index (χ4n) is 3.64. The molecule has 2 aromatic carbocycles. The first kappa shape index (κ1) is 20.2. The number of benzene rings is 2. The Labute approximate surface area is 173 Å². The van der Waals surface area contributed by atoms with E-state index < -0.39 is 15.7 Å². The fourth-order valence-corrected chi connectivity index (χ4v) is 5.31. The summed E-state index contributed by atoms with van der Waals surface area (Å²) in [4.78, 5) is 25.0. The van der Waals surface area contributed by atoms with Crippen LogP contribution in [0.5, 0.6) is 5.75 Å². The van der Waals surface area contributed by atoms with Crippen LogP contribution in [0.1, 0.15) is 12.2 Å². The molecule has 0 spiro atoms. The van der Waals surface area contributed by atoms with E-state index in [1.807, 2.05) is 30.3 Å². The average molecular weight is 427 g/mol. The Morgan fingerprint density at radius 3 is 2.67 bits per heavy atom. The van der Waals surface area contributed by atoms with Gasteiger partial charge in [0, 0.05) is 12.1 Å². The van der Waals surface area contributed by atoms with E-state index in [0.29, 0.717) is 34.5 Å². The number of hydrogen-bond donors (Lipinski definition) is 1. The van der Waals surface area contributed by atoms with E-state index >= 15 is 0 Å². The minimum atomic E-state index is -3.06. The van der Waals surface area contributed by atoms with E-state index in [2.05, 4.69) is 5.32 Å². The van der Waals surface area contributed by atoms with Crippen molar-refractivity contribution in [2.75, 3.05) is 18.1 Å². The van der Waals surface area contributed by atoms with Crippen LogP contribution in [-0.2, 0) is 14.6 Å². The Hall–Kier alpha value is -3.13. The molecule has 1 amide bonds. The molecule has 1 atom stereocenters. The zero-order valence-electron chi connectivity index (χ0n) is 16.4. The van der Waals surface area contributed by atoms with Gasteiger partial charge in [-0.3, -0.25) is 9.59 Å². The highest BCUT2D eigenvalue weighted by Crippen LogP contribution is 2.26. The van der Waals surface area contributed by atoms with Gasteiger partial charge in [0.25, 0.3) is 5.91 Å². The number of ether oxygens (including phenoxy) is 1. The molecule has 1 unspecified atom stereocenters. The number of carbonyl (C=O) groups is 1. The smallest absolute Gasteiger partial charge is 0.258 e. The second-order valence-corrected chi connectivity index (χ2v) is 9.57. The minimum absolute atomic E-state index is 0.0388. The fraction of sp³-hybridized carbons (Fsp3) is 0.273. The first-order chi connectivity index (χ1) is 14.3. The van der Waals surface area contributed by atoms with Gasteiger partial charge in [-0.1, -0.05) is 30.3 Å². The standard InChI is InChI=1S/C22H21NO6S/c1-14-21(15-5-3-2-4-6-15)22(25)18-8-7-17(11-19(18)29-14)28-12-20(24)23-16-9-10-30(26,27)13-16/h2-8,11,16H,9-10,12-13H2,1H3,(H,23,24). The lowest BCUT2D eigenvalue weighted by atomic mass is 10.0. The van der Waals surface area contributed by atoms with Gasteiger partial charge < -0.3 is 14.5 Å². The summed E-state index contributed by atoms with van der Waals surface area (Å²) in [6, 6.07) is 13.7. The molecule has 2 heterocycles. The van der Waals surface area contributed by atoms with Crippen LogP contribution < -0.4 is 15.5 Å². The number of sulfone groups is 1. The van der Waals surface area contributed by atoms with Crippen molar-refractivity contribution in [1.82, 2.24) is 5.32 Å². The summed E-state index contributed by atoms with van der Waals surface area (Å²) < 4.78 is 34.3. The summed E-state index contributed by atoms with van der Waals surface area (Å²) in [6.07, 6.45) is 0.415. The van der Waals surface area contributed by atoms with E-state index in [1.165, 1.54) is 0 Å². The summed E-state index contributed by atoms with van der Waals surface area (Å²) in [6.45, 7) is 1.48. The maximum Gasteiger partial charge on any atom is 0.258 e. The van der Waals surface area contributed by atoms with Gasteiger partial charge in [0.1, 0.15) is 17.1 Å². The van der Waals surface area contributed by atoms with Crippen LogP contribution in [0.3, 0.4) is 0 Å². The van der Waals surface area contributed by atoms with Crippen molar-refractivity contribution in [3.8, 4) is 16.9 Å². The van der Waals surface area contributed by atoms with Crippen molar-refractivity contribution in [2.24, 2.45) is 0 Å². The maximum atomic E-state index is 13.0. The van der Waals surface area contributed by atoms with Gasteiger partial charge in [-0.05, 0) is 31.0 Å². The SMILES string of the molecule is Cc1oc2cc(OCC(=O)NC3CCS(=O)(=O)C3)ccc2c(=O)c1-c1ccccc1. The minimum Gasteiger partial charge on any atom is -0.484 e. The lowest BCUT2D eigenvalue weighted by molar-refractivity contribution is -0.123. The Kier molecular flexibility index (Phi) is 5.34. The number of rotatable bonds is 5. The van der Waals surface area contributed by atoms with Gasteiger partial charge in [0.15, 0.2) is 16.4 Å². The Morgan fingerprint density at radius 1 is 1.20 bits per heavy atom. The predicted molar refractivity (Wildman–Crippen MR) is 113 cm³/mol. The molecule has 1 N–H and O–H groups in total. The molecule has 0 aliphatic carbocycles. The predicted octanol–water partition coefficient (Wildman–Crippen LogP) is 2.45. The topological polar surface area (TPSA) is 103 Å². The third kappa shape index (κ3) is 4.23. The highest BCUT2D eigenvalue weighted by atomic mass is 32.2. The third-order valence-electron chi connectivity index (χ3n) is 5.07. The normalized spacial score (nSPS) is 17.7. The lowest BCUT2D eigenvalue weighted by Gasteiger charge is -2.12. The molecule has 4 rings (SSSR count). The first-order valence-electron chi connectivity index (χ1n) is 9.58. The van der Waals surface area contributed by atoms with Crippen LogP contribution in [0.4, 0.5) is 0 Å². The van der Waals surface area contributed by atoms with Gasteiger partial charge in [0.2, 0.25) is 5.43 Å². The van der Waals surface area contributed by atoms with Crippen molar-refractivity contribution >= 4 is 26.7 Å². The largest absolute Gasteiger partial charge is 0.484 e. The molecule has 7 nitrogen and oxygen atoms in total. The van der Waals surface area contributed by atoms with Crippen LogP contribution in [0.2, 0.25) is 0 Å². The van der Waals surface area contributed by atoms with Gasteiger partial charge in [-0.25, -0.2) is 8.42 Å². The van der Waals surface area contributed by atoms with Crippen LogP contribution in [0, 0.1) is 6.92 Å². The summed E-state index contributed by atoms with van der Waals surface area (Å²) in [5.41, 5.74) is 1.54.